The van der Waals surface area contributed by atoms with Gasteiger partial charge in [-0.2, -0.15) is 0 Å². The molecule has 0 spiro atoms. The smallest absolute Gasteiger partial charge is 0.00933 e. The van der Waals surface area contributed by atoms with Gasteiger partial charge in [-0.15, -0.1) is 11.3 Å². The molecule has 0 fully saturated rings. The second-order valence-electron chi connectivity index (χ2n) is 5.12. The van der Waals surface area contributed by atoms with Crippen molar-refractivity contribution in [1.29, 1.82) is 0 Å². The Labute approximate surface area is 113 Å². The average Bonchev–Trinajstić information content (AvgIpc) is 2.83. The molecule has 18 heavy (non-hydrogen) atoms. The molecule has 2 heteroatoms. The van der Waals surface area contributed by atoms with Gasteiger partial charge < -0.3 is 4.90 Å². The molecule has 1 aliphatic heterocycles. The number of hydrogen-bond donors (Lipinski definition) is 0. The summed E-state index contributed by atoms with van der Waals surface area (Å²) in [6.45, 7) is 2.34. The highest BCUT2D eigenvalue weighted by molar-refractivity contribution is 7.10. The lowest BCUT2D eigenvalue weighted by Crippen LogP contribution is -2.24. The maximum absolute atomic E-state index is 2.45. The summed E-state index contributed by atoms with van der Waals surface area (Å²) in [7, 11) is 2.23. The first-order valence-electron chi connectivity index (χ1n) is 6.63. The second kappa shape index (κ2) is 5.25. The molecule has 1 aliphatic rings. The summed E-state index contributed by atoms with van der Waals surface area (Å²) in [5, 5.41) is 2.24. The normalized spacial score (nSPS) is 16.9. The maximum Gasteiger partial charge on any atom is 0.00933 e. The molecule has 0 saturated heterocycles. The first kappa shape index (κ1) is 11.9. The minimum Gasteiger partial charge on any atom is -0.306 e. The van der Waals surface area contributed by atoms with E-state index in [1.54, 1.807) is 4.88 Å². The van der Waals surface area contributed by atoms with Crippen molar-refractivity contribution in [2.75, 3.05) is 20.1 Å². The lowest BCUT2D eigenvalue weighted by molar-refractivity contribution is 0.342. The third-order valence-corrected chi connectivity index (χ3v) is 4.84. The molecule has 0 amide bonds. The van der Waals surface area contributed by atoms with Crippen LogP contribution in [0.15, 0.2) is 35.7 Å². The maximum atomic E-state index is 2.45. The Balaban J connectivity index is 1.98. The Bertz CT molecular complexity index is 529. The first-order chi connectivity index (χ1) is 8.83. The van der Waals surface area contributed by atoms with E-state index in [-0.39, 0.29) is 0 Å². The van der Waals surface area contributed by atoms with E-state index in [4.69, 9.17) is 0 Å². The lowest BCUT2D eigenvalue weighted by atomic mass is 9.97. The number of benzene rings is 1. The van der Waals surface area contributed by atoms with Crippen LogP contribution in [-0.2, 0) is 19.3 Å². The van der Waals surface area contributed by atoms with E-state index < -0.39 is 0 Å². The zero-order valence-corrected chi connectivity index (χ0v) is 11.7. The monoisotopic (exact) mass is 257 g/mol. The summed E-state index contributed by atoms with van der Waals surface area (Å²) in [5.74, 6) is 0. The van der Waals surface area contributed by atoms with Crippen molar-refractivity contribution in [2.45, 2.75) is 19.3 Å². The second-order valence-corrected chi connectivity index (χ2v) is 6.12. The molecule has 0 atom stereocenters. The molecule has 0 radical (unpaired) electrons. The van der Waals surface area contributed by atoms with Crippen LogP contribution in [-0.4, -0.2) is 25.0 Å². The van der Waals surface area contributed by atoms with Crippen LogP contribution in [0.25, 0.3) is 0 Å². The summed E-state index contributed by atoms with van der Waals surface area (Å²) in [6, 6.07) is 11.2. The first-order valence-corrected chi connectivity index (χ1v) is 7.51. The standard InChI is InChI=1S/C16H19NS/c1-17-9-6-13-4-2-3-5-14(13)12-15-8-11-18-16(15)7-10-17/h2-5,8,11H,6-7,9-10,12H2,1H3. The molecule has 0 N–H and O–H groups in total. The van der Waals surface area contributed by atoms with Crippen molar-refractivity contribution < 1.29 is 0 Å². The van der Waals surface area contributed by atoms with E-state index in [2.05, 4.69) is 47.7 Å². The van der Waals surface area contributed by atoms with Gasteiger partial charge >= 0.3 is 0 Å². The molecule has 2 aromatic rings. The summed E-state index contributed by atoms with van der Waals surface area (Å²) >= 11 is 1.91. The van der Waals surface area contributed by atoms with Gasteiger partial charge in [0.25, 0.3) is 0 Å². The van der Waals surface area contributed by atoms with Crippen LogP contribution in [0, 0.1) is 0 Å². The fourth-order valence-corrected chi connectivity index (χ4v) is 3.54. The van der Waals surface area contributed by atoms with Crippen LogP contribution < -0.4 is 0 Å². The Morgan fingerprint density at radius 2 is 1.72 bits per heavy atom. The van der Waals surface area contributed by atoms with E-state index in [9.17, 15) is 0 Å². The largest absolute Gasteiger partial charge is 0.306 e. The van der Waals surface area contributed by atoms with E-state index in [1.807, 2.05) is 11.3 Å². The highest BCUT2D eigenvalue weighted by atomic mass is 32.1. The quantitative estimate of drug-likeness (QED) is 0.699. The number of likely N-dealkylation sites (N-methyl/N-ethyl adjacent to an activating group) is 1. The third-order valence-electron chi connectivity index (χ3n) is 3.82. The molecular formula is C16H19NS. The van der Waals surface area contributed by atoms with Gasteiger partial charge in [0.15, 0.2) is 0 Å². The Morgan fingerprint density at radius 1 is 0.944 bits per heavy atom. The topological polar surface area (TPSA) is 3.24 Å². The molecule has 1 nitrogen and oxygen atoms in total. The summed E-state index contributed by atoms with van der Waals surface area (Å²) in [5.41, 5.74) is 4.55. The van der Waals surface area contributed by atoms with Crippen LogP contribution in [0.3, 0.4) is 0 Å². The molecule has 1 aromatic carbocycles. The molecule has 94 valence electrons. The number of fused-ring (bicyclic) bond motifs is 2. The summed E-state index contributed by atoms with van der Waals surface area (Å²) in [6.07, 6.45) is 3.48. The van der Waals surface area contributed by atoms with E-state index in [1.165, 1.54) is 36.1 Å². The SMILES string of the molecule is CN1CCc2ccccc2Cc2ccsc2CC1. The van der Waals surface area contributed by atoms with Crippen molar-refractivity contribution in [3.8, 4) is 0 Å². The predicted molar refractivity (Wildman–Crippen MR) is 78.5 cm³/mol. The highest BCUT2D eigenvalue weighted by Crippen LogP contribution is 2.24. The number of thiophene rings is 1. The zero-order valence-electron chi connectivity index (χ0n) is 10.9. The van der Waals surface area contributed by atoms with Gasteiger partial charge in [0.05, 0.1) is 0 Å². The average molecular weight is 257 g/mol. The van der Waals surface area contributed by atoms with Crippen LogP contribution >= 0.6 is 11.3 Å². The Morgan fingerprint density at radius 3 is 2.61 bits per heavy atom. The van der Waals surface area contributed by atoms with Gasteiger partial charge in [0, 0.05) is 18.0 Å². The number of rotatable bonds is 0. The van der Waals surface area contributed by atoms with Gasteiger partial charge in [0.1, 0.15) is 0 Å². The molecule has 0 unspecified atom stereocenters. The zero-order chi connectivity index (χ0) is 12.4. The number of nitrogens with zero attached hydrogens (tertiary/aromatic N) is 1. The molecule has 0 aliphatic carbocycles. The minimum absolute atomic E-state index is 1.11. The van der Waals surface area contributed by atoms with Crippen LogP contribution in [0.1, 0.15) is 21.6 Å². The van der Waals surface area contributed by atoms with Crippen LogP contribution in [0.5, 0.6) is 0 Å². The summed E-state index contributed by atoms with van der Waals surface area (Å²) in [4.78, 5) is 4.02. The Kier molecular flexibility index (Phi) is 3.48. The number of hydrogen-bond acceptors (Lipinski definition) is 2. The molecule has 3 rings (SSSR count). The molecular weight excluding hydrogens is 238 g/mol. The fourth-order valence-electron chi connectivity index (χ4n) is 2.64. The van der Waals surface area contributed by atoms with Crippen LogP contribution in [0.2, 0.25) is 0 Å². The van der Waals surface area contributed by atoms with E-state index in [0.717, 1.165) is 13.0 Å². The summed E-state index contributed by atoms with van der Waals surface area (Å²) < 4.78 is 0. The van der Waals surface area contributed by atoms with Gasteiger partial charge in [-0.25, -0.2) is 0 Å². The third kappa shape index (κ3) is 2.50. The molecule has 0 saturated carbocycles. The van der Waals surface area contributed by atoms with Crippen molar-refractivity contribution in [3.05, 3.63) is 57.3 Å². The Hall–Kier alpha value is -1.12. The van der Waals surface area contributed by atoms with Crippen molar-refractivity contribution in [1.82, 2.24) is 4.90 Å². The van der Waals surface area contributed by atoms with Gasteiger partial charge in [-0.05, 0) is 54.4 Å². The van der Waals surface area contributed by atoms with Crippen molar-refractivity contribution in [3.63, 3.8) is 0 Å². The van der Waals surface area contributed by atoms with Crippen molar-refractivity contribution in [2.24, 2.45) is 0 Å². The molecule has 1 aromatic heterocycles. The molecule has 2 heterocycles. The highest BCUT2D eigenvalue weighted by Gasteiger charge is 2.12. The minimum atomic E-state index is 1.11. The van der Waals surface area contributed by atoms with E-state index in [0.29, 0.717) is 0 Å². The predicted octanol–water partition coefficient (Wildman–Crippen LogP) is 3.37. The fraction of sp³-hybridized carbons (Fsp3) is 0.375. The molecule has 0 bridgehead atoms. The van der Waals surface area contributed by atoms with Gasteiger partial charge in [-0.3, -0.25) is 0 Å². The van der Waals surface area contributed by atoms with Crippen molar-refractivity contribution >= 4 is 11.3 Å². The van der Waals surface area contributed by atoms with Crippen LogP contribution in [0.4, 0.5) is 0 Å². The van der Waals surface area contributed by atoms with Gasteiger partial charge in [-0.1, -0.05) is 24.3 Å². The lowest BCUT2D eigenvalue weighted by Gasteiger charge is -2.20. The van der Waals surface area contributed by atoms with E-state index >= 15 is 0 Å². The van der Waals surface area contributed by atoms with Gasteiger partial charge in [0.2, 0.25) is 0 Å².